The summed E-state index contributed by atoms with van der Waals surface area (Å²) in [6, 6.07) is 15.9. The fourth-order valence-corrected chi connectivity index (χ4v) is 6.10. The zero-order chi connectivity index (χ0) is 37.1. The molecular weight excluding hydrogens is 637 g/mol. The molecule has 0 radical (unpaired) electrons. The van der Waals surface area contributed by atoms with Gasteiger partial charge in [-0.3, -0.25) is 4.79 Å². The van der Waals surface area contributed by atoms with Gasteiger partial charge in [-0.1, -0.05) is 111 Å². The van der Waals surface area contributed by atoms with E-state index in [1.165, 1.54) is 65.3 Å². The molecule has 2 aromatic rings. The summed E-state index contributed by atoms with van der Waals surface area (Å²) >= 11 is 3.68. The molecular formula is C39H70N4O3S2. The van der Waals surface area contributed by atoms with Crippen LogP contribution in [0, 0.1) is 5.92 Å². The van der Waals surface area contributed by atoms with Crippen molar-refractivity contribution in [1.82, 2.24) is 5.32 Å². The highest BCUT2D eigenvalue weighted by Gasteiger charge is 2.27. The number of nitrogens with one attached hydrogen (secondary N) is 1. The van der Waals surface area contributed by atoms with Crippen molar-refractivity contribution >= 4 is 47.6 Å². The SMILES string of the molecule is CC.CC.CC.CSN(C)c1cc(N2CCC(NC(=O)OC(C)(C)C)C2)ccc1-c1ccc(SCCCCCCC(C)C)cc1.NC=O. The van der Waals surface area contributed by atoms with Crippen LogP contribution in [0.2, 0.25) is 0 Å². The summed E-state index contributed by atoms with van der Waals surface area (Å²) < 4.78 is 7.68. The zero-order valence-electron chi connectivity index (χ0n) is 32.7. The first-order chi connectivity index (χ1) is 23.0. The van der Waals surface area contributed by atoms with E-state index in [0.717, 1.165) is 25.4 Å². The molecule has 3 N–H and O–H groups in total. The van der Waals surface area contributed by atoms with Gasteiger partial charge >= 0.3 is 6.09 Å². The number of anilines is 2. The lowest BCUT2D eigenvalue weighted by atomic mass is 10.0. The van der Waals surface area contributed by atoms with Gasteiger partial charge in [-0.2, -0.15) is 0 Å². The van der Waals surface area contributed by atoms with Crippen LogP contribution in [0.25, 0.3) is 11.1 Å². The molecule has 1 atom stereocenters. The molecule has 1 aliphatic rings. The minimum absolute atomic E-state index is 0.0892. The summed E-state index contributed by atoms with van der Waals surface area (Å²) in [5.74, 6) is 2.02. The van der Waals surface area contributed by atoms with E-state index in [1.54, 1.807) is 11.9 Å². The molecule has 2 amide bonds. The number of nitrogens with two attached hydrogens (primary N) is 1. The second-order valence-corrected chi connectivity index (χ2v) is 14.1. The van der Waals surface area contributed by atoms with Crippen LogP contribution in [-0.2, 0) is 9.53 Å². The van der Waals surface area contributed by atoms with Gasteiger partial charge in [-0.15, -0.1) is 11.8 Å². The largest absolute Gasteiger partial charge is 0.444 e. The molecule has 1 unspecified atom stereocenters. The number of thioether (sulfide) groups is 1. The van der Waals surface area contributed by atoms with Crippen molar-refractivity contribution in [2.24, 2.45) is 11.7 Å². The molecule has 276 valence electrons. The molecule has 0 bridgehead atoms. The predicted octanol–water partition coefficient (Wildman–Crippen LogP) is 11.0. The van der Waals surface area contributed by atoms with Gasteiger partial charge in [-0.05, 0) is 75.1 Å². The highest BCUT2D eigenvalue weighted by molar-refractivity contribution is 8.00. The van der Waals surface area contributed by atoms with Crippen molar-refractivity contribution in [1.29, 1.82) is 0 Å². The third-order valence-electron chi connectivity index (χ3n) is 6.98. The van der Waals surface area contributed by atoms with Crippen LogP contribution in [0.3, 0.4) is 0 Å². The molecule has 1 fully saturated rings. The van der Waals surface area contributed by atoms with Gasteiger partial charge < -0.3 is 25.0 Å². The highest BCUT2D eigenvalue weighted by atomic mass is 32.2. The Bertz CT molecular complexity index is 1090. The molecule has 48 heavy (non-hydrogen) atoms. The summed E-state index contributed by atoms with van der Waals surface area (Å²) in [4.78, 5) is 24.5. The number of carbonyl (C=O) groups is 2. The van der Waals surface area contributed by atoms with Crippen LogP contribution in [0.4, 0.5) is 16.2 Å². The summed E-state index contributed by atoms with van der Waals surface area (Å²) in [5.41, 5.74) is 8.54. The molecule has 1 saturated heterocycles. The molecule has 2 aromatic carbocycles. The Balaban J connectivity index is 0. The Morgan fingerprint density at radius 2 is 1.60 bits per heavy atom. The normalized spacial score (nSPS) is 13.3. The fourth-order valence-electron chi connectivity index (χ4n) is 4.84. The van der Waals surface area contributed by atoms with Crippen LogP contribution < -0.4 is 20.3 Å². The highest BCUT2D eigenvalue weighted by Crippen LogP contribution is 2.37. The molecule has 7 nitrogen and oxygen atoms in total. The lowest BCUT2D eigenvalue weighted by Crippen LogP contribution is -2.40. The third-order valence-corrected chi connectivity index (χ3v) is 8.82. The van der Waals surface area contributed by atoms with E-state index >= 15 is 0 Å². The van der Waals surface area contributed by atoms with E-state index < -0.39 is 5.60 Å². The van der Waals surface area contributed by atoms with Gasteiger partial charge in [0.2, 0.25) is 6.41 Å². The summed E-state index contributed by atoms with van der Waals surface area (Å²) in [5, 5.41) is 3.04. The fraction of sp³-hybridized carbons (Fsp3) is 0.641. The summed E-state index contributed by atoms with van der Waals surface area (Å²) in [6.07, 6.45) is 9.63. The number of hydrogen-bond donors (Lipinski definition) is 2. The second kappa shape index (κ2) is 28.3. The van der Waals surface area contributed by atoms with E-state index in [-0.39, 0.29) is 18.5 Å². The predicted molar refractivity (Wildman–Crippen MR) is 217 cm³/mol. The molecule has 3 rings (SSSR count). The number of rotatable bonds is 13. The Labute approximate surface area is 304 Å². The average molecular weight is 707 g/mol. The van der Waals surface area contributed by atoms with Crippen LogP contribution in [0.15, 0.2) is 47.4 Å². The van der Waals surface area contributed by atoms with Gasteiger partial charge in [0, 0.05) is 42.5 Å². The smallest absolute Gasteiger partial charge is 0.407 e. The Hall–Kier alpha value is -2.52. The van der Waals surface area contributed by atoms with Gasteiger partial charge in [0.05, 0.1) is 11.7 Å². The maximum Gasteiger partial charge on any atom is 0.407 e. The number of carbonyl (C=O) groups excluding carboxylic acids is 2. The van der Waals surface area contributed by atoms with Gasteiger partial charge in [0.25, 0.3) is 0 Å². The molecule has 0 saturated carbocycles. The number of alkyl carbamates (subject to hydrolysis) is 1. The van der Waals surface area contributed by atoms with E-state index in [4.69, 9.17) is 9.53 Å². The van der Waals surface area contributed by atoms with Gasteiger partial charge in [-0.25, -0.2) is 4.79 Å². The number of benzene rings is 2. The van der Waals surface area contributed by atoms with Crippen molar-refractivity contribution in [3.8, 4) is 11.1 Å². The first-order valence-corrected chi connectivity index (χ1v) is 20.2. The topological polar surface area (TPSA) is 87.9 Å². The number of amides is 2. The van der Waals surface area contributed by atoms with Crippen molar-refractivity contribution in [3.05, 3.63) is 42.5 Å². The first kappa shape index (κ1) is 47.6. The average Bonchev–Trinajstić information content (AvgIpc) is 3.54. The molecule has 1 aliphatic heterocycles. The molecule has 0 spiro atoms. The second-order valence-electron chi connectivity index (χ2n) is 12.1. The minimum Gasteiger partial charge on any atom is -0.444 e. The van der Waals surface area contributed by atoms with Crippen LogP contribution in [0.5, 0.6) is 0 Å². The third kappa shape index (κ3) is 20.1. The molecule has 1 heterocycles. The number of nitrogens with zero attached hydrogens (tertiary/aromatic N) is 2. The standard InChI is InChI=1S/C32H49N3O2S2.3C2H6.CH3NO/c1-24(2)12-10-8-9-11-21-39-28-16-13-25(14-17-28)29-18-15-27(22-30(29)34(6)38-7)35-20-19-26(23-35)33-31(36)37-32(3,4)5;3*1-2;2-1-3/h13-18,22,24,26H,8-12,19-21,23H2,1-7H3,(H,33,36);3*1-2H3;1H,(H2,2,3). The van der Waals surface area contributed by atoms with E-state index in [0.29, 0.717) is 0 Å². The lowest BCUT2D eigenvalue weighted by molar-refractivity contribution is -0.106. The monoisotopic (exact) mass is 706 g/mol. The van der Waals surface area contributed by atoms with Crippen molar-refractivity contribution < 1.29 is 14.3 Å². The summed E-state index contributed by atoms with van der Waals surface area (Å²) in [7, 11) is 2.12. The van der Waals surface area contributed by atoms with E-state index in [1.807, 2.05) is 74.1 Å². The molecule has 0 aromatic heterocycles. The number of hydrogen-bond acceptors (Lipinski definition) is 7. The van der Waals surface area contributed by atoms with Crippen molar-refractivity contribution in [2.75, 3.05) is 41.4 Å². The zero-order valence-corrected chi connectivity index (χ0v) is 34.3. The first-order valence-electron chi connectivity index (χ1n) is 18.0. The quantitative estimate of drug-likeness (QED) is 0.0927. The maximum absolute atomic E-state index is 12.2. The lowest BCUT2D eigenvalue weighted by Gasteiger charge is -2.25. The number of unbranched alkanes of at least 4 members (excludes halogenated alkanes) is 3. The van der Waals surface area contributed by atoms with Crippen LogP contribution in [0.1, 0.15) is 115 Å². The van der Waals surface area contributed by atoms with Crippen LogP contribution >= 0.6 is 23.7 Å². The minimum atomic E-state index is -0.487. The van der Waals surface area contributed by atoms with Gasteiger partial charge in [0.1, 0.15) is 5.60 Å². The van der Waals surface area contributed by atoms with Crippen LogP contribution in [-0.4, -0.2) is 56.3 Å². The van der Waals surface area contributed by atoms with Crippen molar-refractivity contribution in [3.63, 3.8) is 0 Å². The Morgan fingerprint density at radius 3 is 2.15 bits per heavy atom. The number of primary amides is 1. The maximum atomic E-state index is 12.2. The molecule has 9 heteroatoms. The van der Waals surface area contributed by atoms with E-state index in [2.05, 4.69) is 89.9 Å². The number of ether oxygens (including phenoxy) is 1. The molecule has 0 aliphatic carbocycles. The van der Waals surface area contributed by atoms with E-state index in [9.17, 15) is 4.79 Å². The van der Waals surface area contributed by atoms with Gasteiger partial charge in [0.15, 0.2) is 0 Å². The Morgan fingerprint density at radius 1 is 1.02 bits per heavy atom. The van der Waals surface area contributed by atoms with Crippen molar-refractivity contribution in [2.45, 2.75) is 131 Å². The summed E-state index contributed by atoms with van der Waals surface area (Å²) in [6.45, 7) is 24.0. The Kier molecular flexibility index (Phi) is 28.1.